The molecule has 0 saturated heterocycles. The number of hydrogen-bond donors (Lipinski definition) is 0. The molecule has 230 valence electrons. The van der Waals surface area contributed by atoms with Crippen LogP contribution >= 0.6 is 0 Å². The van der Waals surface area contributed by atoms with Crippen LogP contribution < -0.4 is 0 Å². The van der Waals surface area contributed by atoms with Gasteiger partial charge in [-0.15, -0.1) is 0 Å². The van der Waals surface area contributed by atoms with Crippen LogP contribution in [0.25, 0.3) is 60.9 Å². The first-order valence-corrected chi connectivity index (χ1v) is 14.4. The summed E-state index contributed by atoms with van der Waals surface area (Å²) in [6.07, 6.45) is -6.69. The third-order valence-electron chi connectivity index (χ3n) is 8.17. The zero-order valence-electron chi connectivity index (χ0n) is 24.2. The first kappa shape index (κ1) is 29.8. The van der Waals surface area contributed by atoms with Crippen molar-refractivity contribution in [3.05, 3.63) is 144 Å². The molecule has 0 aliphatic carbocycles. The van der Waals surface area contributed by atoms with E-state index in [9.17, 15) is 31.6 Å². The van der Waals surface area contributed by atoms with Crippen molar-refractivity contribution in [1.29, 1.82) is 5.26 Å². The Morgan fingerprint density at radius 2 is 1.15 bits per heavy atom. The molecule has 0 amide bonds. The predicted molar refractivity (Wildman–Crippen MR) is 170 cm³/mol. The number of nitrogens with zero attached hydrogens (tertiary/aromatic N) is 3. The van der Waals surface area contributed by atoms with E-state index in [-0.39, 0.29) is 17.2 Å². The van der Waals surface area contributed by atoms with E-state index in [1.54, 1.807) is 30.6 Å². The standard InChI is InChI=1S/C38H21F6N3/c39-37(40,41)28-16-26(17-29(20-28)38(42,43)44)25-10-11-31-30-8-4-5-9-34(30)47(35(31)18-25)36-19-27(22-45)32(24-12-14-46-15-13-24)21-33(36)23-6-2-1-3-7-23/h1-21H. The van der Waals surface area contributed by atoms with Gasteiger partial charge in [0.05, 0.1) is 39.5 Å². The van der Waals surface area contributed by atoms with Crippen LogP contribution in [0.5, 0.6) is 0 Å². The largest absolute Gasteiger partial charge is 0.416 e. The normalized spacial score (nSPS) is 12.0. The molecule has 7 aromatic rings. The number of para-hydroxylation sites is 1. The van der Waals surface area contributed by atoms with Gasteiger partial charge in [-0.3, -0.25) is 4.98 Å². The van der Waals surface area contributed by atoms with E-state index in [4.69, 9.17) is 0 Å². The summed E-state index contributed by atoms with van der Waals surface area (Å²) in [5, 5.41) is 11.9. The fraction of sp³-hybridized carbons (Fsp3) is 0.0526. The number of alkyl halides is 6. The van der Waals surface area contributed by atoms with E-state index >= 15 is 0 Å². The minimum atomic E-state index is -4.98. The fourth-order valence-electron chi connectivity index (χ4n) is 6.02. The number of rotatable bonds is 4. The summed E-state index contributed by atoms with van der Waals surface area (Å²) < 4.78 is 84.5. The molecule has 0 bridgehead atoms. The zero-order chi connectivity index (χ0) is 32.9. The van der Waals surface area contributed by atoms with Crippen molar-refractivity contribution in [3.63, 3.8) is 0 Å². The number of halogens is 6. The maximum absolute atomic E-state index is 13.8. The van der Waals surface area contributed by atoms with Crippen molar-refractivity contribution in [1.82, 2.24) is 9.55 Å². The molecule has 0 spiro atoms. The van der Waals surface area contributed by atoms with Crippen LogP contribution in [0.4, 0.5) is 26.3 Å². The second kappa shape index (κ2) is 11.2. The van der Waals surface area contributed by atoms with Gasteiger partial charge in [0.2, 0.25) is 0 Å². The second-order valence-corrected chi connectivity index (χ2v) is 11.0. The third kappa shape index (κ3) is 5.38. The summed E-state index contributed by atoms with van der Waals surface area (Å²) in [4.78, 5) is 4.09. The van der Waals surface area contributed by atoms with Crippen molar-refractivity contribution in [3.8, 4) is 45.1 Å². The molecule has 0 aliphatic heterocycles. The van der Waals surface area contributed by atoms with E-state index in [0.29, 0.717) is 22.3 Å². The average molecular weight is 634 g/mol. The molecule has 0 saturated carbocycles. The Morgan fingerprint density at radius 1 is 0.532 bits per heavy atom. The summed E-state index contributed by atoms with van der Waals surface area (Å²) >= 11 is 0. The highest BCUT2D eigenvalue weighted by Crippen LogP contribution is 2.42. The van der Waals surface area contributed by atoms with E-state index < -0.39 is 23.5 Å². The van der Waals surface area contributed by atoms with Crippen molar-refractivity contribution >= 4 is 21.8 Å². The Morgan fingerprint density at radius 3 is 1.81 bits per heavy atom. The maximum atomic E-state index is 13.8. The number of hydrogen-bond acceptors (Lipinski definition) is 2. The van der Waals surface area contributed by atoms with Gasteiger partial charge in [-0.1, -0.05) is 60.7 Å². The first-order chi connectivity index (χ1) is 22.5. The molecule has 5 aromatic carbocycles. The molecular formula is C38H21F6N3. The summed E-state index contributed by atoms with van der Waals surface area (Å²) in [7, 11) is 0. The van der Waals surface area contributed by atoms with Gasteiger partial charge in [-0.2, -0.15) is 31.6 Å². The quantitative estimate of drug-likeness (QED) is 0.181. The van der Waals surface area contributed by atoms with Gasteiger partial charge in [0.25, 0.3) is 0 Å². The van der Waals surface area contributed by atoms with Gasteiger partial charge in [-0.25, -0.2) is 0 Å². The average Bonchev–Trinajstić information content (AvgIpc) is 3.41. The summed E-state index contributed by atoms with van der Waals surface area (Å²) in [6.45, 7) is 0. The highest BCUT2D eigenvalue weighted by Gasteiger charge is 2.37. The lowest BCUT2D eigenvalue weighted by Crippen LogP contribution is -2.11. The minimum Gasteiger partial charge on any atom is -0.309 e. The lowest BCUT2D eigenvalue weighted by Gasteiger charge is -2.18. The molecule has 0 unspecified atom stereocenters. The minimum absolute atomic E-state index is 0.124. The number of aromatic nitrogens is 2. The van der Waals surface area contributed by atoms with Gasteiger partial charge >= 0.3 is 12.4 Å². The van der Waals surface area contributed by atoms with E-state index in [1.807, 2.05) is 77.4 Å². The Kier molecular flexibility index (Phi) is 7.09. The topological polar surface area (TPSA) is 41.6 Å². The van der Waals surface area contributed by atoms with Crippen LogP contribution in [-0.4, -0.2) is 9.55 Å². The van der Waals surface area contributed by atoms with E-state index in [2.05, 4.69) is 11.1 Å². The Hall–Kier alpha value is -5.88. The molecule has 9 heteroatoms. The maximum Gasteiger partial charge on any atom is 0.416 e. The van der Waals surface area contributed by atoms with Crippen molar-refractivity contribution in [2.45, 2.75) is 12.4 Å². The molecule has 3 nitrogen and oxygen atoms in total. The summed E-state index contributed by atoms with van der Waals surface area (Å²) in [5.74, 6) is 0. The molecule has 7 rings (SSSR count). The molecule has 0 aliphatic rings. The fourth-order valence-corrected chi connectivity index (χ4v) is 6.02. The summed E-state index contributed by atoms with van der Waals surface area (Å²) in [5.41, 5.74) is 2.55. The van der Waals surface area contributed by atoms with Gasteiger partial charge in [0.1, 0.15) is 0 Å². The van der Waals surface area contributed by atoms with Gasteiger partial charge in [-0.05, 0) is 76.9 Å². The van der Waals surface area contributed by atoms with Crippen LogP contribution in [0.1, 0.15) is 16.7 Å². The van der Waals surface area contributed by atoms with Crippen LogP contribution in [0.2, 0.25) is 0 Å². The van der Waals surface area contributed by atoms with E-state index in [0.717, 1.165) is 45.1 Å². The summed E-state index contributed by atoms with van der Waals surface area (Å²) in [6, 6.07) is 33.0. The molecule has 0 radical (unpaired) electrons. The van der Waals surface area contributed by atoms with Gasteiger partial charge in [0, 0.05) is 34.3 Å². The third-order valence-corrected chi connectivity index (χ3v) is 8.17. The van der Waals surface area contributed by atoms with Crippen LogP contribution in [-0.2, 0) is 12.4 Å². The molecule has 0 fully saturated rings. The molecule has 2 aromatic heterocycles. The Balaban J connectivity index is 1.56. The Bertz CT molecular complexity index is 2300. The molecule has 47 heavy (non-hydrogen) atoms. The lowest BCUT2D eigenvalue weighted by molar-refractivity contribution is -0.143. The number of nitriles is 1. The zero-order valence-corrected chi connectivity index (χ0v) is 24.2. The van der Waals surface area contributed by atoms with Gasteiger partial charge in [0.15, 0.2) is 0 Å². The molecular weight excluding hydrogens is 612 g/mol. The number of pyridine rings is 1. The van der Waals surface area contributed by atoms with Crippen molar-refractivity contribution in [2.24, 2.45) is 0 Å². The predicted octanol–water partition coefficient (Wildman–Crippen LogP) is 11.1. The number of fused-ring (bicyclic) bond motifs is 3. The number of benzene rings is 5. The lowest BCUT2D eigenvalue weighted by atomic mass is 9.93. The van der Waals surface area contributed by atoms with Crippen molar-refractivity contribution < 1.29 is 26.3 Å². The smallest absolute Gasteiger partial charge is 0.309 e. The van der Waals surface area contributed by atoms with Crippen LogP contribution in [0.15, 0.2) is 128 Å². The molecule has 0 atom stereocenters. The second-order valence-electron chi connectivity index (χ2n) is 11.0. The first-order valence-electron chi connectivity index (χ1n) is 14.4. The van der Waals surface area contributed by atoms with Crippen molar-refractivity contribution in [2.75, 3.05) is 0 Å². The van der Waals surface area contributed by atoms with E-state index in [1.165, 1.54) is 6.07 Å². The van der Waals surface area contributed by atoms with Crippen LogP contribution in [0, 0.1) is 11.3 Å². The molecule has 0 N–H and O–H groups in total. The molecule has 2 heterocycles. The van der Waals surface area contributed by atoms with Gasteiger partial charge < -0.3 is 4.57 Å². The Labute approximate surface area is 264 Å². The highest BCUT2D eigenvalue weighted by molar-refractivity contribution is 6.11. The monoisotopic (exact) mass is 633 g/mol. The highest BCUT2D eigenvalue weighted by atomic mass is 19.4. The SMILES string of the molecule is N#Cc1cc(-n2c3ccccc3c3ccc(-c4cc(C(F)(F)F)cc(C(F)(F)F)c4)cc32)c(-c2ccccc2)cc1-c1ccncc1. The van der Waals surface area contributed by atoms with Crippen LogP contribution in [0.3, 0.4) is 0 Å².